The molecule has 0 nitrogen and oxygen atoms in total. The van der Waals surface area contributed by atoms with Crippen molar-refractivity contribution in [3.05, 3.63) is 12.2 Å². The van der Waals surface area contributed by atoms with Gasteiger partial charge in [-0.3, -0.25) is 0 Å². The molecule has 38 valence electrons. The van der Waals surface area contributed by atoms with E-state index in [0.717, 1.165) is 18.8 Å². The lowest BCUT2D eigenvalue weighted by Gasteiger charge is -1.96. The number of hydrogen-bond donors (Lipinski definition) is 0. The van der Waals surface area contributed by atoms with E-state index in [4.69, 9.17) is 1.37 Å². The molecule has 2 aliphatic rings. The highest BCUT2D eigenvalue weighted by molar-refractivity contribution is 5.06. The first-order chi connectivity index (χ1) is 3.79. The zero-order valence-corrected chi connectivity index (χ0v) is 4.35. The fourth-order valence-corrected chi connectivity index (χ4v) is 1.50. The molecule has 0 aromatic heterocycles. The molecule has 2 atom stereocenters. The molecule has 0 N–H and O–H groups in total. The third-order valence-electron chi connectivity index (χ3n) is 1.96. The fourth-order valence-electron chi connectivity index (χ4n) is 1.50. The summed E-state index contributed by atoms with van der Waals surface area (Å²) in [4.78, 5) is 0. The number of hydrogen-bond acceptors (Lipinski definition) is 0. The van der Waals surface area contributed by atoms with Crippen LogP contribution in [-0.4, -0.2) is 0 Å². The minimum atomic E-state index is -0.120. The van der Waals surface area contributed by atoms with Crippen molar-refractivity contribution in [2.45, 2.75) is 19.3 Å². The Bertz CT molecular complexity index is 139. The third kappa shape index (κ3) is 0.425. The molecular weight excluding hydrogens is 84.1 g/mol. The van der Waals surface area contributed by atoms with Crippen LogP contribution in [0.4, 0.5) is 0 Å². The van der Waals surface area contributed by atoms with Crippen molar-refractivity contribution in [2.75, 3.05) is 0 Å². The SMILES string of the molecule is [2H][C@]12C=C[C@H](CC1)C2. The normalized spacial score (nSPS) is 58.3. The van der Waals surface area contributed by atoms with Gasteiger partial charge in [0.1, 0.15) is 0 Å². The Morgan fingerprint density at radius 2 is 2.43 bits per heavy atom. The van der Waals surface area contributed by atoms with Gasteiger partial charge in [-0.15, -0.1) is 0 Å². The molecule has 2 bridgehead atoms. The van der Waals surface area contributed by atoms with Crippen LogP contribution in [0.5, 0.6) is 0 Å². The van der Waals surface area contributed by atoms with Gasteiger partial charge in [-0.05, 0) is 31.1 Å². The number of allylic oxidation sites excluding steroid dienone is 2. The molecule has 1 saturated carbocycles. The molecule has 0 spiro atoms. The molecule has 0 amide bonds. The quantitative estimate of drug-likeness (QED) is 0.403. The molecule has 0 saturated heterocycles. The van der Waals surface area contributed by atoms with E-state index in [0.29, 0.717) is 0 Å². The predicted octanol–water partition coefficient (Wildman–Crippen LogP) is 1.97. The molecule has 2 rings (SSSR count). The molecule has 1 fully saturated rings. The second-order valence-corrected chi connectivity index (χ2v) is 2.52. The second-order valence-electron chi connectivity index (χ2n) is 2.52. The van der Waals surface area contributed by atoms with E-state index in [-0.39, 0.29) is 5.89 Å². The third-order valence-corrected chi connectivity index (χ3v) is 1.96. The lowest BCUT2D eigenvalue weighted by molar-refractivity contribution is 0.691. The van der Waals surface area contributed by atoms with Crippen molar-refractivity contribution < 1.29 is 1.37 Å². The van der Waals surface area contributed by atoms with Crippen molar-refractivity contribution in [1.29, 1.82) is 0 Å². The van der Waals surface area contributed by atoms with Crippen LogP contribution in [-0.2, 0) is 0 Å². The maximum atomic E-state index is 7.68. The topological polar surface area (TPSA) is 0 Å². The van der Waals surface area contributed by atoms with Crippen LogP contribution >= 0.6 is 0 Å². The summed E-state index contributed by atoms with van der Waals surface area (Å²) in [5.74, 6) is 0.650. The van der Waals surface area contributed by atoms with Crippen LogP contribution in [0.3, 0.4) is 0 Å². The molecule has 2 aliphatic carbocycles. The fraction of sp³-hybridized carbons (Fsp3) is 0.714. The van der Waals surface area contributed by atoms with E-state index in [1.807, 2.05) is 0 Å². The van der Waals surface area contributed by atoms with Gasteiger partial charge in [-0.2, -0.15) is 0 Å². The molecule has 0 heterocycles. The zero-order chi connectivity index (χ0) is 5.61. The molecule has 0 aliphatic heterocycles. The van der Waals surface area contributed by atoms with Gasteiger partial charge in [0.25, 0.3) is 0 Å². The van der Waals surface area contributed by atoms with Gasteiger partial charge in [-0.25, -0.2) is 0 Å². The molecule has 7 heavy (non-hydrogen) atoms. The van der Waals surface area contributed by atoms with Crippen molar-refractivity contribution in [3.8, 4) is 0 Å². The summed E-state index contributed by atoms with van der Waals surface area (Å²) in [6.45, 7) is 0. The van der Waals surface area contributed by atoms with Gasteiger partial charge >= 0.3 is 0 Å². The summed E-state index contributed by atoms with van der Waals surface area (Å²) >= 11 is 0. The molecule has 0 aromatic rings. The van der Waals surface area contributed by atoms with E-state index in [1.54, 1.807) is 0 Å². The highest BCUT2D eigenvalue weighted by Gasteiger charge is 2.25. The van der Waals surface area contributed by atoms with E-state index < -0.39 is 0 Å². The second kappa shape index (κ2) is 1.12. The van der Waals surface area contributed by atoms with Crippen LogP contribution in [0.25, 0.3) is 0 Å². The van der Waals surface area contributed by atoms with Gasteiger partial charge in [-0.1, -0.05) is 12.2 Å². The molecule has 0 aromatic carbocycles. The maximum absolute atomic E-state index is 7.68. The number of fused-ring (bicyclic) bond motifs is 2. The average molecular weight is 95.2 g/mol. The van der Waals surface area contributed by atoms with Gasteiger partial charge in [0.2, 0.25) is 0 Å². The predicted molar refractivity (Wildman–Crippen MR) is 30.0 cm³/mol. The summed E-state index contributed by atoms with van der Waals surface area (Å²) < 4.78 is 7.68. The Kier molecular flexibility index (Phi) is 0.464. The first-order valence-electron chi connectivity index (χ1n) is 3.48. The monoisotopic (exact) mass is 95.1 g/mol. The van der Waals surface area contributed by atoms with E-state index in [2.05, 4.69) is 12.2 Å². The van der Waals surface area contributed by atoms with E-state index in [9.17, 15) is 0 Å². The van der Waals surface area contributed by atoms with Crippen molar-refractivity contribution >= 4 is 0 Å². The molecule has 0 radical (unpaired) electrons. The van der Waals surface area contributed by atoms with E-state index in [1.165, 1.54) is 6.42 Å². The zero-order valence-electron chi connectivity index (χ0n) is 5.35. The lowest BCUT2D eigenvalue weighted by atomic mass is 10.1. The van der Waals surface area contributed by atoms with Crippen molar-refractivity contribution in [3.63, 3.8) is 0 Å². The number of rotatable bonds is 0. The Balaban J connectivity index is 2.33. The smallest absolute Gasteiger partial charge is 0.0346 e. The summed E-state index contributed by atoms with van der Waals surface area (Å²) in [5.41, 5.74) is 0. The van der Waals surface area contributed by atoms with Gasteiger partial charge in [0.15, 0.2) is 0 Å². The van der Waals surface area contributed by atoms with Gasteiger partial charge in [0.05, 0.1) is 0 Å². The Labute approximate surface area is 45.6 Å². The minimum Gasteiger partial charge on any atom is -0.0851 e. The molecular formula is C7H10. The van der Waals surface area contributed by atoms with Crippen LogP contribution in [0, 0.1) is 11.8 Å². The first-order valence-corrected chi connectivity index (χ1v) is 2.98. The molecule has 0 heteroatoms. The standard InChI is InChI=1S/C7H10/c1-2-7-4-3-6(1)5-7/h1-2,6-7H,3-5H2/t6-,7+/i6D/m0/s1. The Hall–Kier alpha value is -0.260. The highest BCUT2D eigenvalue weighted by atomic mass is 14.3. The summed E-state index contributed by atoms with van der Waals surface area (Å²) in [6, 6.07) is 0. The lowest BCUT2D eigenvalue weighted by Crippen LogP contribution is -1.82. The van der Waals surface area contributed by atoms with Crippen LogP contribution in [0.15, 0.2) is 12.2 Å². The van der Waals surface area contributed by atoms with Crippen LogP contribution < -0.4 is 0 Å². The highest BCUT2D eigenvalue weighted by Crippen LogP contribution is 2.38. The summed E-state index contributed by atoms with van der Waals surface area (Å²) in [5, 5.41) is 0. The minimum absolute atomic E-state index is 0.120. The first kappa shape index (κ1) is 2.91. The van der Waals surface area contributed by atoms with Crippen LogP contribution in [0.1, 0.15) is 20.6 Å². The Morgan fingerprint density at radius 3 is 2.57 bits per heavy atom. The average Bonchev–Trinajstić information content (AvgIpc) is 2.21. The van der Waals surface area contributed by atoms with Crippen molar-refractivity contribution in [1.82, 2.24) is 0 Å². The summed E-state index contributed by atoms with van der Waals surface area (Å²) in [7, 11) is 0. The largest absolute Gasteiger partial charge is 0.0851 e. The van der Waals surface area contributed by atoms with Gasteiger partial charge < -0.3 is 0 Å². The van der Waals surface area contributed by atoms with Gasteiger partial charge in [0, 0.05) is 1.37 Å². The van der Waals surface area contributed by atoms with E-state index >= 15 is 0 Å². The van der Waals surface area contributed by atoms with Crippen LogP contribution in [0.2, 0.25) is 0 Å². The Morgan fingerprint density at radius 1 is 1.43 bits per heavy atom. The van der Waals surface area contributed by atoms with Crippen molar-refractivity contribution in [2.24, 2.45) is 11.8 Å². The molecule has 0 unspecified atom stereocenters. The summed E-state index contributed by atoms with van der Waals surface area (Å²) in [6.07, 6.45) is 7.75. The maximum Gasteiger partial charge on any atom is 0.0346 e.